The minimum atomic E-state index is -0.0970. The van der Waals surface area contributed by atoms with Crippen molar-refractivity contribution in [1.29, 1.82) is 0 Å². The summed E-state index contributed by atoms with van der Waals surface area (Å²) in [6.07, 6.45) is 4.23. The standard InChI is InChI=1S/C20H24Cl2N2OS/c1-24(2)19(18-4-3-9-26-18)13-5-7-17(8-6-13)23-20(25)14-10-15(21)12-16(22)11-14/h3-4,9-13,17,19H,5-8H2,1-2H3,(H,23,25). The number of hydrogen-bond acceptors (Lipinski definition) is 3. The van der Waals surface area contributed by atoms with Crippen molar-refractivity contribution in [3.05, 3.63) is 56.2 Å². The molecule has 1 aromatic heterocycles. The lowest BCUT2D eigenvalue weighted by atomic mass is 9.80. The van der Waals surface area contributed by atoms with Crippen molar-refractivity contribution < 1.29 is 4.79 Å². The molecule has 0 saturated heterocycles. The molecule has 3 rings (SSSR count). The first-order valence-electron chi connectivity index (χ1n) is 8.91. The van der Waals surface area contributed by atoms with Gasteiger partial charge in [0.05, 0.1) is 0 Å². The molecule has 1 amide bonds. The highest BCUT2D eigenvalue weighted by atomic mass is 35.5. The molecule has 0 aliphatic heterocycles. The summed E-state index contributed by atoms with van der Waals surface area (Å²) < 4.78 is 0. The molecule has 140 valence electrons. The number of benzene rings is 1. The molecule has 1 unspecified atom stereocenters. The second-order valence-electron chi connectivity index (χ2n) is 7.17. The number of nitrogens with zero attached hydrogens (tertiary/aromatic N) is 1. The van der Waals surface area contributed by atoms with Crippen molar-refractivity contribution in [2.45, 2.75) is 37.8 Å². The van der Waals surface area contributed by atoms with Crippen LogP contribution in [0.15, 0.2) is 35.7 Å². The van der Waals surface area contributed by atoms with E-state index in [4.69, 9.17) is 23.2 Å². The maximum absolute atomic E-state index is 12.5. The van der Waals surface area contributed by atoms with Gasteiger partial charge in [-0.05, 0) is 75.3 Å². The van der Waals surface area contributed by atoms with E-state index < -0.39 is 0 Å². The molecule has 1 aromatic carbocycles. The summed E-state index contributed by atoms with van der Waals surface area (Å²) in [6.45, 7) is 0. The quantitative estimate of drug-likeness (QED) is 0.690. The Balaban J connectivity index is 1.59. The van der Waals surface area contributed by atoms with E-state index in [9.17, 15) is 4.79 Å². The smallest absolute Gasteiger partial charge is 0.251 e. The van der Waals surface area contributed by atoms with Crippen LogP contribution in [0.5, 0.6) is 0 Å². The van der Waals surface area contributed by atoms with Crippen LogP contribution in [0.25, 0.3) is 0 Å². The zero-order valence-electron chi connectivity index (χ0n) is 15.0. The number of thiophene rings is 1. The van der Waals surface area contributed by atoms with Gasteiger partial charge in [0.15, 0.2) is 0 Å². The summed E-state index contributed by atoms with van der Waals surface area (Å²) in [4.78, 5) is 16.2. The van der Waals surface area contributed by atoms with Crippen LogP contribution in [-0.2, 0) is 0 Å². The van der Waals surface area contributed by atoms with Crippen LogP contribution in [0.4, 0.5) is 0 Å². The van der Waals surface area contributed by atoms with E-state index in [1.807, 2.05) is 11.3 Å². The average Bonchev–Trinajstić information content (AvgIpc) is 3.09. The van der Waals surface area contributed by atoms with Gasteiger partial charge in [0.1, 0.15) is 0 Å². The summed E-state index contributed by atoms with van der Waals surface area (Å²) in [6, 6.07) is 9.98. The first-order chi connectivity index (χ1) is 12.4. The van der Waals surface area contributed by atoms with Crippen molar-refractivity contribution in [3.63, 3.8) is 0 Å². The molecular formula is C20H24Cl2N2OS. The number of nitrogens with one attached hydrogen (secondary N) is 1. The fourth-order valence-corrected chi connectivity index (χ4v) is 5.44. The third-order valence-corrected chi connectivity index (χ3v) is 6.45. The number of carbonyl (C=O) groups is 1. The third kappa shape index (κ3) is 4.80. The fourth-order valence-electron chi connectivity index (χ4n) is 3.90. The molecule has 1 aliphatic rings. The van der Waals surface area contributed by atoms with Gasteiger partial charge >= 0.3 is 0 Å². The van der Waals surface area contributed by atoms with Gasteiger partial charge in [-0.1, -0.05) is 29.3 Å². The Morgan fingerprint density at radius 3 is 2.35 bits per heavy atom. The molecule has 1 fully saturated rings. The van der Waals surface area contributed by atoms with Crippen molar-refractivity contribution in [3.8, 4) is 0 Å². The van der Waals surface area contributed by atoms with Crippen LogP contribution in [0.3, 0.4) is 0 Å². The molecule has 26 heavy (non-hydrogen) atoms. The Bertz CT molecular complexity index is 720. The molecule has 1 atom stereocenters. The molecule has 1 saturated carbocycles. The Kier molecular flexibility index (Phi) is 6.62. The summed E-state index contributed by atoms with van der Waals surface area (Å²) in [5.41, 5.74) is 0.523. The fraction of sp³-hybridized carbons (Fsp3) is 0.450. The minimum absolute atomic E-state index is 0.0970. The molecule has 1 N–H and O–H groups in total. The van der Waals surface area contributed by atoms with Crippen LogP contribution in [0.1, 0.15) is 47.0 Å². The maximum Gasteiger partial charge on any atom is 0.251 e. The molecule has 0 spiro atoms. The summed E-state index contributed by atoms with van der Waals surface area (Å²) in [7, 11) is 4.31. The van der Waals surface area contributed by atoms with Crippen LogP contribution in [0, 0.1) is 5.92 Å². The second-order valence-corrected chi connectivity index (χ2v) is 9.02. The van der Waals surface area contributed by atoms with Gasteiger partial charge < -0.3 is 10.2 Å². The van der Waals surface area contributed by atoms with Gasteiger partial charge in [0, 0.05) is 32.6 Å². The lowest BCUT2D eigenvalue weighted by molar-refractivity contribution is 0.0907. The zero-order chi connectivity index (χ0) is 18.7. The van der Waals surface area contributed by atoms with E-state index in [0.29, 0.717) is 27.6 Å². The highest BCUT2D eigenvalue weighted by Crippen LogP contribution is 2.39. The summed E-state index contributed by atoms with van der Waals surface area (Å²) in [5, 5.41) is 6.26. The predicted octanol–water partition coefficient (Wildman–Crippen LogP) is 5.65. The van der Waals surface area contributed by atoms with Crippen LogP contribution >= 0.6 is 34.5 Å². The molecule has 1 heterocycles. The summed E-state index contributed by atoms with van der Waals surface area (Å²) in [5.74, 6) is 0.526. The molecule has 0 bridgehead atoms. The highest BCUT2D eigenvalue weighted by Gasteiger charge is 2.31. The Labute approximate surface area is 169 Å². The molecule has 6 heteroatoms. The molecule has 0 radical (unpaired) electrons. The Hall–Kier alpha value is -1.07. The van der Waals surface area contributed by atoms with Gasteiger partial charge in [-0.3, -0.25) is 4.79 Å². The van der Waals surface area contributed by atoms with Crippen molar-refractivity contribution in [2.75, 3.05) is 14.1 Å². The van der Waals surface area contributed by atoms with Crippen molar-refractivity contribution in [2.24, 2.45) is 5.92 Å². The SMILES string of the molecule is CN(C)C(c1cccs1)C1CCC(NC(=O)c2cc(Cl)cc(Cl)c2)CC1. The van der Waals surface area contributed by atoms with Crippen LogP contribution < -0.4 is 5.32 Å². The number of carbonyl (C=O) groups excluding carboxylic acids is 1. The topological polar surface area (TPSA) is 32.3 Å². The predicted molar refractivity (Wildman–Crippen MR) is 110 cm³/mol. The average molecular weight is 411 g/mol. The van der Waals surface area contributed by atoms with Crippen LogP contribution in [-0.4, -0.2) is 30.9 Å². The molecule has 3 nitrogen and oxygen atoms in total. The highest BCUT2D eigenvalue weighted by molar-refractivity contribution is 7.10. The van der Waals surface area contributed by atoms with Gasteiger partial charge in [-0.2, -0.15) is 0 Å². The monoisotopic (exact) mass is 410 g/mol. The number of rotatable bonds is 5. The van der Waals surface area contributed by atoms with Crippen molar-refractivity contribution >= 4 is 40.4 Å². The van der Waals surface area contributed by atoms with Gasteiger partial charge in [-0.15, -0.1) is 11.3 Å². The number of hydrogen-bond donors (Lipinski definition) is 1. The molecular weight excluding hydrogens is 387 g/mol. The third-order valence-electron chi connectivity index (χ3n) is 5.07. The van der Waals surface area contributed by atoms with E-state index in [2.05, 4.69) is 41.8 Å². The van der Waals surface area contributed by atoms with Gasteiger partial charge in [0.2, 0.25) is 0 Å². The minimum Gasteiger partial charge on any atom is -0.349 e. The first kappa shape index (κ1) is 19.7. The lowest BCUT2D eigenvalue weighted by Gasteiger charge is -2.37. The van der Waals surface area contributed by atoms with Gasteiger partial charge in [0.25, 0.3) is 5.91 Å². The normalized spacial score (nSPS) is 21.6. The van der Waals surface area contributed by atoms with Crippen molar-refractivity contribution in [1.82, 2.24) is 10.2 Å². The zero-order valence-corrected chi connectivity index (χ0v) is 17.4. The molecule has 1 aliphatic carbocycles. The van der Waals surface area contributed by atoms with E-state index in [1.54, 1.807) is 18.2 Å². The maximum atomic E-state index is 12.5. The van der Waals surface area contributed by atoms with Crippen LogP contribution in [0.2, 0.25) is 10.0 Å². The summed E-state index contributed by atoms with van der Waals surface area (Å²) >= 11 is 13.8. The van der Waals surface area contributed by atoms with E-state index >= 15 is 0 Å². The number of amides is 1. The largest absolute Gasteiger partial charge is 0.349 e. The van der Waals surface area contributed by atoms with Gasteiger partial charge in [-0.25, -0.2) is 0 Å². The second kappa shape index (κ2) is 8.75. The van der Waals surface area contributed by atoms with E-state index in [-0.39, 0.29) is 11.9 Å². The Morgan fingerprint density at radius 1 is 1.15 bits per heavy atom. The lowest BCUT2D eigenvalue weighted by Crippen LogP contribution is -2.39. The molecule has 2 aromatic rings. The van der Waals surface area contributed by atoms with E-state index in [1.165, 1.54) is 4.88 Å². The Morgan fingerprint density at radius 2 is 1.81 bits per heavy atom. The van der Waals surface area contributed by atoms with E-state index in [0.717, 1.165) is 25.7 Å². The first-order valence-corrected chi connectivity index (χ1v) is 10.5. The number of halogens is 2.